The molecule has 0 aliphatic carbocycles. The maximum absolute atomic E-state index is 15.9. The smallest absolute Gasteiger partial charge is 0.341 e. The quantitative estimate of drug-likeness (QED) is 0.252. The highest BCUT2D eigenvalue weighted by Crippen LogP contribution is 2.35. The summed E-state index contributed by atoms with van der Waals surface area (Å²) in [4.78, 5) is 40.5. The van der Waals surface area contributed by atoms with E-state index in [-0.39, 0.29) is 24.0 Å². The molecular weight excluding hydrogens is 615 g/mol. The van der Waals surface area contributed by atoms with Gasteiger partial charge < -0.3 is 28.9 Å². The maximum Gasteiger partial charge on any atom is 0.341 e. The highest BCUT2D eigenvalue weighted by Gasteiger charge is 2.34. The number of likely N-dealkylation sites (N-methyl/N-ethyl adjacent to an activating group) is 1. The lowest BCUT2D eigenvalue weighted by Gasteiger charge is -2.44. The third-order valence-corrected chi connectivity index (χ3v) is 9.37. The molecule has 46 heavy (non-hydrogen) atoms. The van der Waals surface area contributed by atoms with E-state index >= 15 is 4.39 Å². The van der Waals surface area contributed by atoms with Crippen LogP contribution in [0.4, 0.5) is 15.9 Å². The number of ether oxygens (including phenoxy) is 2. The SMILES string of the molecule is COCCN(C)C1CN(c2ccc(-n3cc(C(=O)O)c(=O)c4cc(F)c(N5CC[C@H](C)[C@@H]5COc5ncccc5Cl)cc43)cn2)C1. The van der Waals surface area contributed by atoms with Crippen LogP contribution in [-0.4, -0.2) is 96.1 Å². The molecule has 2 aliphatic rings. The molecule has 2 atom stereocenters. The van der Waals surface area contributed by atoms with Crippen LogP contribution in [-0.2, 0) is 4.74 Å². The Morgan fingerprint density at radius 3 is 2.72 bits per heavy atom. The first-order valence-corrected chi connectivity index (χ1v) is 15.6. The zero-order valence-electron chi connectivity index (χ0n) is 25.9. The molecule has 0 bridgehead atoms. The van der Waals surface area contributed by atoms with Crippen LogP contribution < -0.4 is 20.0 Å². The van der Waals surface area contributed by atoms with Gasteiger partial charge in [-0.3, -0.25) is 9.69 Å². The number of aromatic nitrogens is 3. The summed E-state index contributed by atoms with van der Waals surface area (Å²) in [6.07, 6.45) is 5.32. The monoisotopic (exact) mass is 650 g/mol. The Morgan fingerprint density at radius 2 is 2.02 bits per heavy atom. The first-order chi connectivity index (χ1) is 22.2. The van der Waals surface area contributed by atoms with Crippen molar-refractivity contribution in [3.8, 4) is 11.6 Å². The first-order valence-electron chi connectivity index (χ1n) is 15.2. The molecular formula is C33H36ClFN6O5. The van der Waals surface area contributed by atoms with Gasteiger partial charge in [-0.2, -0.15) is 0 Å². The standard InChI is InChI=1S/C33H36ClFN6O5/c1-20-8-10-40(29(20)19-46-32-25(34)5-4-9-36-32)28-14-27-23(13-26(28)35)31(42)24(33(43)44)18-41(27)21-6-7-30(37-15-21)39-16-22(17-39)38(2)11-12-45-3/h4-7,9,13-15,18,20,22,29H,8,10-12,16-17,19H2,1-3H3,(H,43,44)/t20-,29-/m0/s1. The van der Waals surface area contributed by atoms with Crippen LogP contribution in [0.1, 0.15) is 23.7 Å². The Kier molecular flexibility index (Phi) is 9.12. The highest BCUT2D eigenvalue weighted by molar-refractivity contribution is 6.31. The summed E-state index contributed by atoms with van der Waals surface area (Å²) >= 11 is 6.24. The molecule has 6 rings (SSSR count). The van der Waals surface area contributed by atoms with Crippen molar-refractivity contribution in [1.29, 1.82) is 0 Å². The number of hydrogen-bond donors (Lipinski definition) is 1. The molecule has 3 aromatic heterocycles. The van der Waals surface area contributed by atoms with Gasteiger partial charge in [-0.25, -0.2) is 19.2 Å². The van der Waals surface area contributed by atoms with Crippen molar-refractivity contribution < 1.29 is 23.8 Å². The van der Waals surface area contributed by atoms with Gasteiger partial charge >= 0.3 is 5.97 Å². The number of carbonyl (C=O) groups is 1. The van der Waals surface area contributed by atoms with Gasteiger partial charge in [0, 0.05) is 57.1 Å². The lowest BCUT2D eigenvalue weighted by molar-refractivity contribution is 0.0695. The number of methoxy groups -OCH3 is 1. The lowest BCUT2D eigenvalue weighted by atomic mass is 10.0. The van der Waals surface area contributed by atoms with E-state index < -0.39 is 22.8 Å². The normalized spacial score (nSPS) is 18.4. The van der Waals surface area contributed by atoms with Gasteiger partial charge in [0.1, 0.15) is 28.8 Å². The number of halogens is 2. The van der Waals surface area contributed by atoms with Gasteiger partial charge in [0.25, 0.3) is 0 Å². The second kappa shape index (κ2) is 13.2. The van der Waals surface area contributed by atoms with Gasteiger partial charge in [-0.1, -0.05) is 18.5 Å². The summed E-state index contributed by atoms with van der Waals surface area (Å²) < 4.78 is 28.6. The van der Waals surface area contributed by atoms with E-state index in [1.807, 2.05) is 17.0 Å². The molecule has 1 aromatic carbocycles. The zero-order chi connectivity index (χ0) is 32.5. The molecule has 11 nitrogen and oxygen atoms in total. The molecule has 4 aromatic rings. The predicted molar refractivity (Wildman–Crippen MR) is 174 cm³/mol. The number of aromatic carboxylic acids is 1. The fourth-order valence-electron chi connectivity index (χ4n) is 6.17. The largest absolute Gasteiger partial charge is 0.477 e. The van der Waals surface area contributed by atoms with Crippen molar-refractivity contribution >= 4 is 40.0 Å². The first kappa shape index (κ1) is 31.7. The van der Waals surface area contributed by atoms with Gasteiger partial charge in [0.15, 0.2) is 0 Å². The van der Waals surface area contributed by atoms with Gasteiger partial charge in [0.05, 0.1) is 35.7 Å². The number of carboxylic acid groups (broad SMARTS) is 1. The van der Waals surface area contributed by atoms with Crippen LogP contribution in [0.5, 0.6) is 5.88 Å². The number of hydrogen-bond acceptors (Lipinski definition) is 9. The predicted octanol–water partition coefficient (Wildman–Crippen LogP) is 4.33. The third kappa shape index (κ3) is 6.12. The number of nitrogens with zero attached hydrogens (tertiary/aromatic N) is 6. The van der Waals surface area contributed by atoms with Crippen LogP contribution in [0.25, 0.3) is 16.6 Å². The van der Waals surface area contributed by atoms with E-state index in [1.165, 1.54) is 6.20 Å². The molecule has 2 saturated heterocycles. The average Bonchev–Trinajstić information content (AvgIpc) is 3.38. The van der Waals surface area contributed by atoms with E-state index in [2.05, 4.69) is 33.7 Å². The number of pyridine rings is 3. The molecule has 1 N–H and O–H groups in total. The van der Waals surface area contributed by atoms with E-state index in [4.69, 9.17) is 21.1 Å². The van der Waals surface area contributed by atoms with Crippen molar-refractivity contribution in [2.24, 2.45) is 5.92 Å². The summed E-state index contributed by atoms with van der Waals surface area (Å²) in [6.45, 7) is 6.04. The fourth-order valence-corrected chi connectivity index (χ4v) is 6.35. The molecule has 242 valence electrons. The minimum Gasteiger partial charge on any atom is -0.477 e. The van der Waals surface area contributed by atoms with Crippen molar-refractivity contribution in [3.63, 3.8) is 0 Å². The molecule has 5 heterocycles. The Balaban J connectivity index is 1.32. The second-order valence-corrected chi connectivity index (χ2v) is 12.3. The van der Waals surface area contributed by atoms with Gasteiger partial charge in [-0.05, 0) is 55.8 Å². The fraction of sp³-hybridized carbons (Fsp3) is 0.394. The van der Waals surface area contributed by atoms with Crippen molar-refractivity contribution in [2.45, 2.75) is 25.4 Å². The molecule has 2 aliphatic heterocycles. The molecule has 0 unspecified atom stereocenters. The summed E-state index contributed by atoms with van der Waals surface area (Å²) in [5, 5.41) is 10.2. The van der Waals surface area contributed by atoms with Gasteiger partial charge in [-0.15, -0.1) is 0 Å². The average molecular weight is 651 g/mol. The Morgan fingerprint density at radius 1 is 1.22 bits per heavy atom. The summed E-state index contributed by atoms with van der Waals surface area (Å²) in [5.41, 5.74) is 0.000972. The van der Waals surface area contributed by atoms with Crippen molar-refractivity contribution in [1.82, 2.24) is 19.4 Å². The maximum atomic E-state index is 15.9. The summed E-state index contributed by atoms with van der Waals surface area (Å²) in [6, 6.07) is 10.1. The minimum atomic E-state index is -1.39. The highest BCUT2D eigenvalue weighted by atomic mass is 35.5. The molecule has 0 spiro atoms. The lowest BCUT2D eigenvalue weighted by Crippen LogP contribution is -2.59. The number of anilines is 2. The van der Waals surface area contributed by atoms with Crippen LogP contribution >= 0.6 is 11.6 Å². The molecule has 13 heteroatoms. The second-order valence-electron chi connectivity index (χ2n) is 11.9. The Labute approximate surface area is 270 Å². The van der Waals surface area contributed by atoms with E-state index in [1.54, 1.807) is 42.3 Å². The minimum absolute atomic E-state index is 0.0322. The van der Waals surface area contributed by atoms with Crippen LogP contribution in [0.15, 0.2) is 59.8 Å². The van der Waals surface area contributed by atoms with Crippen molar-refractivity contribution in [3.05, 3.63) is 81.6 Å². The van der Waals surface area contributed by atoms with Gasteiger partial charge in [0.2, 0.25) is 11.3 Å². The van der Waals surface area contributed by atoms with Crippen LogP contribution in [0, 0.1) is 11.7 Å². The van der Waals surface area contributed by atoms with E-state index in [0.29, 0.717) is 47.0 Å². The third-order valence-electron chi connectivity index (χ3n) is 9.08. The summed E-state index contributed by atoms with van der Waals surface area (Å²) in [7, 11) is 3.76. The number of benzene rings is 1. The molecule has 0 radical (unpaired) electrons. The number of rotatable bonds is 11. The molecule has 0 amide bonds. The topological polar surface area (TPSA) is 113 Å². The van der Waals surface area contributed by atoms with Crippen molar-refractivity contribution in [2.75, 3.05) is 63.4 Å². The molecule has 2 fully saturated rings. The molecule has 0 saturated carbocycles. The number of carboxylic acids is 1. The van der Waals surface area contributed by atoms with E-state index in [9.17, 15) is 14.7 Å². The van der Waals surface area contributed by atoms with E-state index in [0.717, 1.165) is 37.9 Å². The Hall–Kier alpha value is -4.26. The summed E-state index contributed by atoms with van der Waals surface area (Å²) in [5.74, 6) is -0.743. The number of fused-ring (bicyclic) bond motifs is 1. The Bertz CT molecular complexity index is 1800. The zero-order valence-corrected chi connectivity index (χ0v) is 26.7. The van der Waals surface area contributed by atoms with Crippen LogP contribution in [0.3, 0.4) is 0 Å². The van der Waals surface area contributed by atoms with Crippen LogP contribution in [0.2, 0.25) is 5.02 Å².